The van der Waals surface area contributed by atoms with Crippen molar-refractivity contribution < 1.29 is 28.6 Å². The van der Waals surface area contributed by atoms with Crippen LogP contribution in [0.4, 0.5) is 0 Å². The zero-order chi connectivity index (χ0) is 16.2. The second-order valence-corrected chi connectivity index (χ2v) is 7.00. The monoisotopic (exact) mass is 315 g/mol. The normalized spacial score (nSPS) is 39.9. The van der Waals surface area contributed by atoms with Crippen LogP contribution in [-0.2, 0) is 28.6 Å². The van der Waals surface area contributed by atoms with Crippen molar-refractivity contribution in [1.82, 2.24) is 5.06 Å². The van der Waals surface area contributed by atoms with Gasteiger partial charge in [0.25, 0.3) is 0 Å². The van der Waals surface area contributed by atoms with E-state index in [9.17, 15) is 4.79 Å². The minimum absolute atomic E-state index is 0.219. The molecule has 0 spiro atoms. The van der Waals surface area contributed by atoms with Gasteiger partial charge in [-0.15, -0.1) is 5.06 Å². The maximum atomic E-state index is 12.1. The fraction of sp³-hybridized carbons (Fsp3) is 0.933. The maximum absolute atomic E-state index is 12.1. The number of carbonyl (C=O) groups excluding carboxylic acids is 1. The summed E-state index contributed by atoms with van der Waals surface area (Å²) in [6.45, 7) is 10.6. The molecule has 0 aromatic rings. The Morgan fingerprint density at radius 1 is 1.27 bits per heavy atom. The third kappa shape index (κ3) is 2.45. The van der Waals surface area contributed by atoms with Crippen LogP contribution in [0, 0.1) is 0 Å². The van der Waals surface area contributed by atoms with Crippen LogP contribution >= 0.6 is 0 Å². The van der Waals surface area contributed by atoms with Crippen LogP contribution in [0.3, 0.4) is 0 Å². The third-order valence-electron chi connectivity index (χ3n) is 4.50. The van der Waals surface area contributed by atoms with Crippen molar-refractivity contribution in [3.8, 4) is 0 Å². The molecule has 3 saturated heterocycles. The topological polar surface area (TPSA) is 66.5 Å². The predicted molar refractivity (Wildman–Crippen MR) is 75.6 cm³/mol. The van der Waals surface area contributed by atoms with Gasteiger partial charge in [0, 0.05) is 6.42 Å². The van der Waals surface area contributed by atoms with Crippen LogP contribution in [0.25, 0.3) is 0 Å². The molecule has 0 aromatic carbocycles. The first-order valence-electron chi connectivity index (χ1n) is 7.80. The summed E-state index contributed by atoms with van der Waals surface area (Å²) in [4.78, 5) is 18.0. The van der Waals surface area contributed by atoms with Crippen molar-refractivity contribution in [3.05, 3.63) is 0 Å². The lowest BCUT2D eigenvalue weighted by atomic mass is 9.88. The number of rotatable bonds is 3. The Hall–Kier alpha value is -0.730. The first-order chi connectivity index (χ1) is 10.2. The largest absolute Gasteiger partial charge is 0.464 e. The van der Waals surface area contributed by atoms with Gasteiger partial charge in [-0.3, -0.25) is 4.84 Å². The number of carbonyl (C=O) groups is 1. The molecule has 3 heterocycles. The van der Waals surface area contributed by atoms with Crippen LogP contribution in [0.2, 0.25) is 0 Å². The van der Waals surface area contributed by atoms with Gasteiger partial charge in [-0.2, -0.15) is 0 Å². The van der Waals surface area contributed by atoms with E-state index in [0.29, 0.717) is 26.2 Å². The van der Waals surface area contributed by atoms with Gasteiger partial charge in [-0.1, -0.05) is 0 Å². The van der Waals surface area contributed by atoms with E-state index >= 15 is 0 Å². The molecule has 0 aliphatic carbocycles. The lowest BCUT2D eigenvalue weighted by molar-refractivity contribution is -0.269. The van der Waals surface area contributed by atoms with Crippen LogP contribution in [0.5, 0.6) is 0 Å². The highest BCUT2D eigenvalue weighted by Gasteiger charge is 2.66. The van der Waals surface area contributed by atoms with Crippen molar-refractivity contribution in [1.29, 1.82) is 0 Å². The Morgan fingerprint density at radius 3 is 2.59 bits per heavy atom. The van der Waals surface area contributed by atoms with E-state index in [1.54, 1.807) is 12.0 Å². The molecule has 7 nitrogen and oxygen atoms in total. The van der Waals surface area contributed by atoms with Gasteiger partial charge in [0.05, 0.1) is 19.8 Å². The standard InChI is InChI=1S/C15H25NO6/c1-6-18-12(17)10-7-15(11-8-19-14(4,5)21-11)9-20-13(2,3)16(15)22-10/h10-11H,6-9H2,1-5H3/t10?,11-,15?/m0/s1. The van der Waals surface area contributed by atoms with Gasteiger partial charge < -0.3 is 18.9 Å². The minimum Gasteiger partial charge on any atom is -0.464 e. The van der Waals surface area contributed by atoms with E-state index in [4.69, 9.17) is 23.8 Å². The number of hydrogen-bond donors (Lipinski definition) is 0. The molecule has 22 heavy (non-hydrogen) atoms. The number of esters is 1. The number of ether oxygens (including phenoxy) is 4. The molecule has 0 N–H and O–H groups in total. The Morgan fingerprint density at radius 2 is 2.00 bits per heavy atom. The second kappa shape index (κ2) is 5.14. The van der Waals surface area contributed by atoms with Gasteiger partial charge in [-0.05, 0) is 34.6 Å². The lowest BCUT2D eigenvalue weighted by Crippen LogP contribution is -2.55. The van der Waals surface area contributed by atoms with E-state index in [1.165, 1.54) is 0 Å². The summed E-state index contributed by atoms with van der Waals surface area (Å²) >= 11 is 0. The fourth-order valence-electron chi connectivity index (χ4n) is 3.48. The number of hydroxylamine groups is 2. The van der Waals surface area contributed by atoms with Crippen molar-refractivity contribution in [2.45, 2.75) is 70.3 Å². The first-order valence-corrected chi connectivity index (χ1v) is 7.80. The molecule has 0 aromatic heterocycles. The molecule has 0 radical (unpaired) electrons. The Kier molecular flexibility index (Phi) is 3.77. The van der Waals surface area contributed by atoms with Gasteiger partial charge in [-0.25, -0.2) is 4.79 Å². The zero-order valence-corrected chi connectivity index (χ0v) is 13.9. The molecule has 3 aliphatic heterocycles. The van der Waals surface area contributed by atoms with E-state index < -0.39 is 23.2 Å². The van der Waals surface area contributed by atoms with E-state index in [0.717, 1.165) is 0 Å². The highest BCUT2D eigenvalue weighted by molar-refractivity contribution is 5.75. The molecule has 3 aliphatic rings. The average Bonchev–Trinajstić information content (AvgIpc) is 3.04. The minimum atomic E-state index is -0.639. The summed E-state index contributed by atoms with van der Waals surface area (Å²) in [5.41, 5.74) is -1.16. The molecule has 0 amide bonds. The molecule has 2 unspecified atom stereocenters. The quantitative estimate of drug-likeness (QED) is 0.725. The van der Waals surface area contributed by atoms with Crippen molar-refractivity contribution >= 4 is 5.97 Å². The number of fused-ring (bicyclic) bond motifs is 1. The SMILES string of the molecule is CCOC(=O)C1CC2([C@@H]3COC(C)(C)O3)COC(C)(C)N2O1. The lowest BCUT2D eigenvalue weighted by Gasteiger charge is -2.36. The Balaban J connectivity index is 1.85. The van der Waals surface area contributed by atoms with E-state index in [1.807, 2.05) is 27.7 Å². The molecule has 3 rings (SSSR count). The van der Waals surface area contributed by atoms with Gasteiger partial charge in [0.1, 0.15) is 17.4 Å². The van der Waals surface area contributed by atoms with E-state index in [-0.39, 0.29) is 12.1 Å². The molecular weight excluding hydrogens is 290 g/mol. The molecule has 0 saturated carbocycles. The van der Waals surface area contributed by atoms with Gasteiger partial charge in [0.2, 0.25) is 0 Å². The first kappa shape index (κ1) is 16.1. The zero-order valence-electron chi connectivity index (χ0n) is 13.9. The van der Waals surface area contributed by atoms with Crippen molar-refractivity contribution in [3.63, 3.8) is 0 Å². The highest BCUT2D eigenvalue weighted by Crippen LogP contribution is 2.49. The van der Waals surface area contributed by atoms with Gasteiger partial charge in [0.15, 0.2) is 11.9 Å². The maximum Gasteiger partial charge on any atom is 0.337 e. The molecule has 7 heteroatoms. The predicted octanol–water partition coefficient (Wildman–Crippen LogP) is 1.21. The smallest absolute Gasteiger partial charge is 0.337 e. The molecule has 126 valence electrons. The van der Waals surface area contributed by atoms with Crippen LogP contribution in [0.1, 0.15) is 41.0 Å². The van der Waals surface area contributed by atoms with Crippen LogP contribution in [-0.4, -0.2) is 60.1 Å². The Labute approximate surface area is 130 Å². The average molecular weight is 315 g/mol. The van der Waals surface area contributed by atoms with Crippen molar-refractivity contribution in [2.75, 3.05) is 19.8 Å². The van der Waals surface area contributed by atoms with E-state index in [2.05, 4.69) is 0 Å². The van der Waals surface area contributed by atoms with Gasteiger partial charge >= 0.3 is 5.97 Å². The summed E-state index contributed by atoms with van der Waals surface area (Å²) in [6, 6.07) is 0. The highest BCUT2D eigenvalue weighted by atomic mass is 16.8. The van der Waals surface area contributed by atoms with Crippen LogP contribution < -0.4 is 0 Å². The second-order valence-electron chi connectivity index (χ2n) is 7.00. The fourth-order valence-corrected chi connectivity index (χ4v) is 3.48. The molecular formula is C15H25NO6. The molecule has 3 atom stereocenters. The number of nitrogens with zero attached hydrogens (tertiary/aromatic N) is 1. The Bertz CT molecular complexity index is 465. The van der Waals surface area contributed by atoms with Crippen LogP contribution in [0.15, 0.2) is 0 Å². The number of hydrogen-bond acceptors (Lipinski definition) is 7. The summed E-state index contributed by atoms with van der Waals surface area (Å²) in [6.07, 6.45) is -0.376. The summed E-state index contributed by atoms with van der Waals surface area (Å²) in [5, 5.41) is 1.77. The summed E-state index contributed by atoms with van der Waals surface area (Å²) in [7, 11) is 0. The molecule has 0 bridgehead atoms. The third-order valence-corrected chi connectivity index (χ3v) is 4.50. The summed E-state index contributed by atoms with van der Waals surface area (Å²) < 4.78 is 22.7. The van der Waals surface area contributed by atoms with Crippen molar-refractivity contribution in [2.24, 2.45) is 0 Å². The summed E-state index contributed by atoms with van der Waals surface area (Å²) in [5.74, 6) is -0.981. The molecule has 3 fully saturated rings.